The molecule has 1 N–H and O–H groups in total. The number of aromatic nitrogens is 4. The van der Waals surface area contributed by atoms with Gasteiger partial charge in [-0.2, -0.15) is 0 Å². The van der Waals surface area contributed by atoms with Crippen LogP contribution in [0.3, 0.4) is 0 Å². The van der Waals surface area contributed by atoms with Crippen molar-refractivity contribution in [1.82, 2.24) is 25.1 Å². The Bertz CT molecular complexity index is 763. The summed E-state index contributed by atoms with van der Waals surface area (Å²) in [6.07, 6.45) is 4.68. The SMILES string of the molecule is Cc1ccc(-c2nnc(C3CCN(Cc4ncc[nH]4)C3)o2)cc1. The van der Waals surface area contributed by atoms with E-state index in [0.717, 1.165) is 43.3 Å². The van der Waals surface area contributed by atoms with E-state index in [2.05, 4.69) is 44.1 Å². The van der Waals surface area contributed by atoms with E-state index in [4.69, 9.17) is 4.42 Å². The first-order valence-corrected chi connectivity index (χ1v) is 7.89. The Hall–Kier alpha value is -2.47. The van der Waals surface area contributed by atoms with Crippen LogP contribution in [0, 0.1) is 6.92 Å². The molecule has 1 aromatic carbocycles. The lowest BCUT2D eigenvalue weighted by atomic mass is 10.1. The van der Waals surface area contributed by atoms with Crippen molar-refractivity contribution in [2.24, 2.45) is 0 Å². The van der Waals surface area contributed by atoms with E-state index in [-0.39, 0.29) is 0 Å². The molecule has 3 heterocycles. The molecule has 2 aromatic heterocycles. The average Bonchev–Trinajstić information content (AvgIpc) is 3.29. The highest BCUT2D eigenvalue weighted by atomic mass is 16.4. The van der Waals surface area contributed by atoms with Crippen LogP contribution in [0.25, 0.3) is 11.5 Å². The van der Waals surface area contributed by atoms with Crippen molar-refractivity contribution >= 4 is 0 Å². The smallest absolute Gasteiger partial charge is 0.247 e. The fraction of sp³-hybridized carbons (Fsp3) is 0.353. The molecule has 1 unspecified atom stereocenters. The van der Waals surface area contributed by atoms with Gasteiger partial charge in [0.25, 0.3) is 0 Å². The number of aryl methyl sites for hydroxylation is 1. The summed E-state index contributed by atoms with van der Waals surface area (Å²) < 4.78 is 5.90. The Kier molecular flexibility index (Phi) is 3.67. The molecule has 1 atom stereocenters. The van der Waals surface area contributed by atoms with Crippen LogP contribution in [0.1, 0.15) is 29.6 Å². The van der Waals surface area contributed by atoms with Gasteiger partial charge in [0, 0.05) is 24.5 Å². The molecule has 6 heteroatoms. The standard InChI is InChI=1S/C17H19N5O/c1-12-2-4-13(5-3-12)16-20-21-17(23-16)14-6-9-22(10-14)11-15-18-7-8-19-15/h2-5,7-8,14H,6,9-11H2,1H3,(H,18,19). The number of aromatic amines is 1. The molecule has 1 aliphatic heterocycles. The van der Waals surface area contributed by atoms with Crippen molar-refractivity contribution in [3.8, 4) is 11.5 Å². The molecular weight excluding hydrogens is 290 g/mol. The van der Waals surface area contributed by atoms with E-state index >= 15 is 0 Å². The van der Waals surface area contributed by atoms with E-state index in [1.807, 2.05) is 18.3 Å². The third-order valence-corrected chi connectivity index (χ3v) is 4.29. The van der Waals surface area contributed by atoms with Gasteiger partial charge in [0.1, 0.15) is 5.82 Å². The molecule has 118 valence electrons. The molecule has 0 saturated carbocycles. The van der Waals surface area contributed by atoms with Crippen LogP contribution in [0.2, 0.25) is 0 Å². The first kappa shape index (κ1) is 14.1. The van der Waals surface area contributed by atoms with Gasteiger partial charge in [0.2, 0.25) is 11.8 Å². The minimum Gasteiger partial charge on any atom is -0.420 e. The number of hydrogen-bond donors (Lipinski definition) is 1. The van der Waals surface area contributed by atoms with Crippen LogP contribution in [0.15, 0.2) is 41.1 Å². The van der Waals surface area contributed by atoms with Gasteiger partial charge in [-0.1, -0.05) is 17.7 Å². The summed E-state index contributed by atoms with van der Waals surface area (Å²) in [4.78, 5) is 9.78. The van der Waals surface area contributed by atoms with Crippen molar-refractivity contribution < 1.29 is 4.42 Å². The van der Waals surface area contributed by atoms with Gasteiger partial charge in [-0.3, -0.25) is 4.90 Å². The summed E-state index contributed by atoms with van der Waals surface area (Å²) in [5.41, 5.74) is 2.19. The molecule has 23 heavy (non-hydrogen) atoms. The van der Waals surface area contributed by atoms with E-state index in [1.54, 1.807) is 6.20 Å². The van der Waals surface area contributed by atoms with Crippen LogP contribution in [0.4, 0.5) is 0 Å². The molecule has 0 aliphatic carbocycles. The highest BCUT2D eigenvalue weighted by Crippen LogP contribution is 2.29. The highest BCUT2D eigenvalue weighted by Gasteiger charge is 2.28. The molecule has 1 fully saturated rings. The number of likely N-dealkylation sites (tertiary alicyclic amines) is 1. The monoisotopic (exact) mass is 309 g/mol. The topological polar surface area (TPSA) is 70.8 Å². The molecule has 4 rings (SSSR count). The summed E-state index contributed by atoms with van der Waals surface area (Å²) in [5, 5.41) is 8.47. The molecule has 0 spiro atoms. The number of nitrogens with one attached hydrogen (secondary N) is 1. The molecule has 0 bridgehead atoms. The summed E-state index contributed by atoms with van der Waals surface area (Å²) in [6, 6.07) is 8.15. The number of nitrogens with zero attached hydrogens (tertiary/aromatic N) is 4. The molecule has 1 aliphatic rings. The maximum atomic E-state index is 5.90. The van der Waals surface area contributed by atoms with Crippen molar-refractivity contribution in [3.05, 3.63) is 53.9 Å². The van der Waals surface area contributed by atoms with Crippen molar-refractivity contribution in [1.29, 1.82) is 0 Å². The third-order valence-electron chi connectivity index (χ3n) is 4.29. The van der Waals surface area contributed by atoms with Crippen LogP contribution >= 0.6 is 0 Å². The minimum absolute atomic E-state index is 0.302. The summed E-state index contributed by atoms with van der Waals surface area (Å²) >= 11 is 0. The predicted octanol–water partition coefficient (Wildman–Crippen LogP) is 2.76. The Balaban J connectivity index is 1.44. The predicted molar refractivity (Wildman–Crippen MR) is 85.7 cm³/mol. The third kappa shape index (κ3) is 3.03. The van der Waals surface area contributed by atoms with E-state index < -0.39 is 0 Å². The zero-order chi connectivity index (χ0) is 15.6. The van der Waals surface area contributed by atoms with Gasteiger partial charge in [-0.05, 0) is 32.0 Å². The Labute approximate surface area is 134 Å². The Morgan fingerprint density at radius 3 is 2.91 bits per heavy atom. The number of rotatable bonds is 4. The molecule has 0 amide bonds. The van der Waals surface area contributed by atoms with Gasteiger partial charge in [0.05, 0.1) is 12.5 Å². The van der Waals surface area contributed by atoms with Crippen LogP contribution in [-0.4, -0.2) is 38.2 Å². The normalized spacial score (nSPS) is 18.6. The highest BCUT2D eigenvalue weighted by molar-refractivity contribution is 5.52. The summed E-state index contributed by atoms with van der Waals surface area (Å²) in [5.74, 6) is 2.64. The molecular formula is C17H19N5O. The molecule has 1 saturated heterocycles. The largest absolute Gasteiger partial charge is 0.420 e. The van der Waals surface area contributed by atoms with E-state index in [9.17, 15) is 0 Å². The fourth-order valence-electron chi connectivity index (χ4n) is 2.99. The van der Waals surface area contributed by atoms with Crippen molar-refractivity contribution in [2.45, 2.75) is 25.8 Å². The first-order chi connectivity index (χ1) is 11.3. The maximum absolute atomic E-state index is 5.90. The van der Waals surface area contributed by atoms with Gasteiger partial charge in [0.15, 0.2) is 0 Å². The lowest BCUT2D eigenvalue weighted by Crippen LogP contribution is -2.20. The number of benzene rings is 1. The second-order valence-electron chi connectivity index (χ2n) is 6.07. The number of H-pyrrole nitrogens is 1. The number of imidazole rings is 1. The minimum atomic E-state index is 0.302. The van der Waals surface area contributed by atoms with Crippen LogP contribution in [0.5, 0.6) is 0 Å². The van der Waals surface area contributed by atoms with E-state index in [1.165, 1.54) is 5.56 Å². The quantitative estimate of drug-likeness (QED) is 0.802. The Morgan fingerprint density at radius 2 is 2.13 bits per heavy atom. The number of hydrogen-bond acceptors (Lipinski definition) is 5. The first-order valence-electron chi connectivity index (χ1n) is 7.89. The molecule has 3 aromatic rings. The van der Waals surface area contributed by atoms with Gasteiger partial charge >= 0.3 is 0 Å². The van der Waals surface area contributed by atoms with Crippen LogP contribution < -0.4 is 0 Å². The van der Waals surface area contributed by atoms with Gasteiger partial charge in [-0.15, -0.1) is 10.2 Å². The maximum Gasteiger partial charge on any atom is 0.247 e. The van der Waals surface area contributed by atoms with E-state index in [0.29, 0.717) is 11.8 Å². The Morgan fingerprint density at radius 1 is 1.26 bits per heavy atom. The van der Waals surface area contributed by atoms with Gasteiger partial charge in [-0.25, -0.2) is 4.98 Å². The summed E-state index contributed by atoms with van der Waals surface area (Å²) in [7, 11) is 0. The lowest BCUT2D eigenvalue weighted by molar-refractivity contribution is 0.313. The van der Waals surface area contributed by atoms with Crippen LogP contribution in [-0.2, 0) is 6.54 Å². The molecule has 0 radical (unpaired) electrons. The average molecular weight is 309 g/mol. The lowest BCUT2D eigenvalue weighted by Gasteiger charge is -2.12. The second-order valence-corrected chi connectivity index (χ2v) is 6.07. The fourth-order valence-corrected chi connectivity index (χ4v) is 2.99. The zero-order valence-electron chi connectivity index (χ0n) is 13.1. The van der Waals surface area contributed by atoms with Crippen molar-refractivity contribution in [2.75, 3.05) is 13.1 Å². The molecule has 6 nitrogen and oxygen atoms in total. The summed E-state index contributed by atoms with van der Waals surface area (Å²) in [6.45, 7) is 4.85. The van der Waals surface area contributed by atoms with Crippen molar-refractivity contribution in [3.63, 3.8) is 0 Å². The van der Waals surface area contributed by atoms with Gasteiger partial charge < -0.3 is 9.40 Å². The second kappa shape index (κ2) is 5.96. The zero-order valence-corrected chi connectivity index (χ0v) is 13.1.